The molecule has 0 saturated carbocycles. The number of hydrogen-bond acceptors (Lipinski definition) is 9. The average Bonchev–Trinajstić information content (AvgIpc) is 3.53. The van der Waals surface area contributed by atoms with Crippen molar-refractivity contribution in [1.82, 2.24) is 34.8 Å². The Bertz CT molecular complexity index is 1360. The Morgan fingerprint density at radius 1 is 1.19 bits per heavy atom. The molecule has 1 aliphatic heterocycles. The third-order valence-electron chi connectivity index (χ3n) is 6.18. The van der Waals surface area contributed by atoms with Crippen LogP contribution in [0.4, 0.5) is 10.6 Å². The van der Waals surface area contributed by atoms with Crippen LogP contribution in [0.2, 0.25) is 0 Å². The molecule has 11 nitrogen and oxygen atoms in total. The lowest BCUT2D eigenvalue weighted by Gasteiger charge is -2.32. The van der Waals surface area contributed by atoms with Gasteiger partial charge in [-0.05, 0) is 37.5 Å². The highest BCUT2D eigenvalue weighted by atomic mass is 32.1. The molecular formula is C24H26N8O3S. The Hall–Kier alpha value is -4.06. The Labute approximate surface area is 211 Å². The Kier molecular flexibility index (Phi) is 6.76. The second-order valence-electron chi connectivity index (χ2n) is 8.52. The highest BCUT2D eigenvalue weighted by molar-refractivity contribution is 7.16. The van der Waals surface area contributed by atoms with Gasteiger partial charge < -0.3 is 20.3 Å². The molecule has 1 atom stereocenters. The van der Waals surface area contributed by atoms with Crippen LogP contribution >= 0.6 is 11.3 Å². The van der Waals surface area contributed by atoms with E-state index >= 15 is 0 Å². The van der Waals surface area contributed by atoms with E-state index in [0.717, 1.165) is 16.0 Å². The average molecular weight is 507 g/mol. The molecule has 0 radical (unpaired) electrons. The van der Waals surface area contributed by atoms with E-state index in [9.17, 15) is 9.59 Å². The zero-order valence-electron chi connectivity index (χ0n) is 19.9. The standard InChI is InChI=1S/C24H26N8O3S/c1-15(16-3-7-25-8-4-16)27-20-13-19(22(33)31-9-5-17(6-10-31)28-24(34)35-2)29-21(30-20)18-14-26-32-11-12-36-23(18)32/h3-4,7-8,11-15,17H,5-6,9-10H2,1-2H3,(H,28,34)(H,27,29,30). The molecular weight excluding hydrogens is 480 g/mol. The highest BCUT2D eigenvalue weighted by Crippen LogP contribution is 2.28. The fourth-order valence-corrected chi connectivity index (χ4v) is 5.00. The number of amides is 2. The highest BCUT2D eigenvalue weighted by Gasteiger charge is 2.27. The Morgan fingerprint density at radius 2 is 1.97 bits per heavy atom. The van der Waals surface area contributed by atoms with Crippen molar-refractivity contribution in [2.75, 3.05) is 25.5 Å². The predicted octanol–water partition coefficient (Wildman–Crippen LogP) is 3.38. The molecule has 5 rings (SSSR count). The molecule has 1 unspecified atom stereocenters. The number of hydrogen-bond donors (Lipinski definition) is 2. The number of fused-ring (bicyclic) bond motifs is 1. The largest absolute Gasteiger partial charge is 0.453 e. The molecule has 2 amide bonds. The van der Waals surface area contributed by atoms with E-state index < -0.39 is 6.09 Å². The molecule has 0 bridgehead atoms. The summed E-state index contributed by atoms with van der Waals surface area (Å²) in [6.45, 7) is 3.03. The van der Waals surface area contributed by atoms with E-state index in [-0.39, 0.29) is 18.0 Å². The molecule has 36 heavy (non-hydrogen) atoms. The van der Waals surface area contributed by atoms with Gasteiger partial charge in [-0.15, -0.1) is 11.3 Å². The molecule has 186 valence electrons. The van der Waals surface area contributed by atoms with Crippen molar-refractivity contribution in [1.29, 1.82) is 0 Å². The minimum Gasteiger partial charge on any atom is -0.453 e. The van der Waals surface area contributed by atoms with Crippen LogP contribution in [-0.4, -0.2) is 67.7 Å². The number of nitrogens with zero attached hydrogens (tertiary/aromatic N) is 6. The topological polar surface area (TPSA) is 127 Å². The van der Waals surface area contributed by atoms with Crippen molar-refractivity contribution in [2.45, 2.75) is 31.8 Å². The van der Waals surface area contributed by atoms with Gasteiger partial charge in [0, 0.05) is 49.2 Å². The molecule has 4 aromatic rings. The minimum absolute atomic E-state index is 0.0274. The normalized spacial score (nSPS) is 15.0. The van der Waals surface area contributed by atoms with E-state index in [4.69, 9.17) is 4.98 Å². The van der Waals surface area contributed by atoms with Crippen LogP contribution in [0.1, 0.15) is 41.9 Å². The first-order chi connectivity index (χ1) is 17.5. The Balaban J connectivity index is 1.42. The Morgan fingerprint density at radius 3 is 2.72 bits per heavy atom. The van der Waals surface area contributed by atoms with E-state index in [1.807, 2.05) is 30.6 Å². The van der Waals surface area contributed by atoms with Crippen LogP contribution in [0.5, 0.6) is 0 Å². The summed E-state index contributed by atoms with van der Waals surface area (Å²) < 4.78 is 6.45. The zero-order valence-corrected chi connectivity index (χ0v) is 20.7. The SMILES string of the molecule is COC(=O)NC1CCN(C(=O)c2cc(NC(C)c3ccncc3)nc(-c3cnn4ccsc34)n2)CC1. The predicted molar refractivity (Wildman–Crippen MR) is 135 cm³/mol. The van der Waals surface area contributed by atoms with Crippen LogP contribution in [0.15, 0.2) is 48.4 Å². The van der Waals surface area contributed by atoms with E-state index in [1.165, 1.54) is 18.4 Å². The second kappa shape index (κ2) is 10.3. The van der Waals surface area contributed by atoms with Crippen molar-refractivity contribution in [3.05, 3.63) is 59.6 Å². The van der Waals surface area contributed by atoms with E-state index in [2.05, 4.69) is 30.4 Å². The van der Waals surface area contributed by atoms with Gasteiger partial charge in [-0.2, -0.15) is 5.10 Å². The van der Waals surface area contributed by atoms with Gasteiger partial charge in [0.2, 0.25) is 0 Å². The number of anilines is 1. The number of piperidine rings is 1. The van der Waals surface area contributed by atoms with Crippen LogP contribution in [0, 0.1) is 0 Å². The van der Waals surface area contributed by atoms with Crippen molar-refractivity contribution in [3.63, 3.8) is 0 Å². The summed E-state index contributed by atoms with van der Waals surface area (Å²) in [7, 11) is 1.34. The summed E-state index contributed by atoms with van der Waals surface area (Å²) in [6, 6.07) is 5.47. The van der Waals surface area contributed by atoms with Crippen molar-refractivity contribution >= 4 is 34.0 Å². The summed E-state index contributed by atoms with van der Waals surface area (Å²) >= 11 is 1.53. The molecule has 0 aliphatic carbocycles. The first kappa shape index (κ1) is 23.7. The van der Waals surface area contributed by atoms with Crippen molar-refractivity contribution in [3.8, 4) is 11.4 Å². The summed E-state index contributed by atoms with van der Waals surface area (Å²) in [5.74, 6) is 0.806. The third kappa shape index (κ3) is 4.98. The fraction of sp³-hybridized carbons (Fsp3) is 0.333. The maximum absolute atomic E-state index is 13.5. The number of alkyl carbamates (subject to hydrolysis) is 1. The number of carbonyl (C=O) groups is 2. The maximum atomic E-state index is 13.5. The fourth-order valence-electron chi connectivity index (χ4n) is 4.20. The van der Waals surface area contributed by atoms with E-state index in [1.54, 1.807) is 34.1 Å². The minimum atomic E-state index is -0.458. The molecule has 2 N–H and O–H groups in total. The molecule has 0 spiro atoms. The first-order valence-electron chi connectivity index (χ1n) is 11.6. The van der Waals surface area contributed by atoms with Crippen LogP contribution in [0.3, 0.4) is 0 Å². The first-order valence-corrected chi connectivity index (χ1v) is 12.5. The quantitative estimate of drug-likeness (QED) is 0.408. The van der Waals surface area contributed by atoms with Gasteiger partial charge in [0.1, 0.15) is 16.3 Å². The number of carbonyl (C=O) groups excluding carboxylic acids is 2. The lowest BCUT2D eigenvalue weighted by molar-refractivity contribution is 0.0698. The van der Waals surface area contributed by atoms with Crippen molar-refractivity contribution in [2.24, 2.45) is 0 Å². The lowest BCUT2D eigenvalue weighted by atomic mass is 10.0. The summed E-state index contributed by atoms with van der Waals surface area (Å²) in [4.78, 5) is 41.2. The van der Waals surface area contributed by atoms with Gasteiger partial charge in [0.05, 0.1) is 24.9 Å². The lowest BCUT2D eigenvalue weighted by Crippen LogP contribution is -2.46. The summed E-state index contributed by atoms with van der Waals surface area (Å²) in [5.41, 5.74) is 2.12. The van der Waals surface area contributed by atoms with Gasteiger partial charge >= 0.3 is 6.09 Å². The maximum Gasteiger partial charge on any atom is 0.407 e. The summed E-state index contributed by atoms with van der Waals surface area (Å²) in [5, 5.41) is 12.5. The molecule has 5 heterocycles. The van der Waals surface area contributed by atoms with Gasteiger partial charge in [-0.3, -0.25) is 9.78 Å². The van der Waals surface area contributed by atoms with Crippen LogP contribution in [-0.2, 0) is 4.74 Å². The molecule has 4 aromatic heterocycles. The zero-order chi connectivity index (χ0) is 25.1. The number of thiazole rings is 1. The smallest absolute Gasteiger partial charge is 0.407 e. The number of likely N-dealkylation sites (tertiary alicyclic amines) is 1. The molecule has 1 fully saturated rings. The molecule has 12 heteroatoms. The molecule has 1 aliphatic rings. The van der Waals surface area contributed by atoms with Gasteiger partial charge in [-0.1, -0.05) is 0 Å². The number of methoxy groups -OCH3 is 1. The van der Waals surface area contributed by atoms with Crippen LogP contribution < -0.4 is 10.6 Å². The number of nitrogens with one attached hydrogen (secondary N) is 2. The number of pyridine rings is 1. The summed E-state index contributed by atoms with van der Waals surface area (Å²) in [6.07, 6.45) is 7.90. The van der Waals surface area contributed by atoms with Gasteiger partial charge in [-0.25, -0.2) is 19.3 Å². The van der Waals surface area contributed by atoms with Gasteiger partial charge in [0.15, 0.2) is 5.82 Å². The molecule has 1 saturated heterocycles. The van der Waals surface area contributed by atoms with Crippen molar-refractivity contribution < 1.29 is 14.3 Å². The number of ether oxygens (including phenoxy) is 1. The monoisotopic (exact) mass is 506 g/mol. The third-order valence-corrected chi connectivity index (χ3v) is 7.07. The molecule has 0 aromatic carbocycles. The second-order valence-corrected chi connectivity index (χ2v) is 9.42. The van der Waals surface area contributed by atoms with Crippen LogP contribution in [0.25, 0.3) is 16.2 Å². The number of rotatable bonds is 6. The van der Waals surface area contributed by atoms with E-state index in [0.29, 0.717) is 43.3 Å². The number of aromatic nitrogens is 5. The van der Waals surface area contributed by atoms with Gasteiger partial charge in [0.25, 0.3) is 5.91 Å².